The quantitative estimate of drug-likeness (QED) is 0.317. The number of rotatable bonds is 6. The first-order valence-corrected chi connectivity index (χ1v) is 13.5. The topological polar surface area (TPSA) is 101 Å². The van der Waals surface area contributed by atoms with Gasteiger partial charge in [0.25, 0.3) is 0 Å². The lowest BCUT2D eigenvalue weighted by molar-refractivity contribution is 0.221. The third-order valence-corrected chi connectivity index (χ3v) is 6.69. The van der Waals surface area contributed by atoms with Crippen LogP contribution in [0.2, 0.25) is 0 Å². The molecular weight excluding hydrogens is 490 g/mol. The molecule has 9 nitrogen and oxygen atoms in total. The number of imidazole rings is 1. The van der Waals surface area contributed by atoms with Crippen LogP contribution in [-0.4, -0.2) is 44.2 Å². The molecule has 0 atom stereocenters. The molecule has 0 bridgehead atoms. The highest BCUT2D eigenvalue weighted by Crippen LogP contribution is 2.34. The highest BCUT2D eigenvalue weighted by molar-refractivity contribution is 6.00. The number of carbonyl (C=O) groups excluding carboxylic acids is 1. The summed E-state index contributed by atoms with van der Waals surface area (Å²) in [6, 6.07) is 17.3. The molecule has 9 heteroatoms. The largest absolute Gasteiger partial charge is 0.438 e. The maximum Gasteiger partial charge on any atom is 0.326 e. The van der Waals surface area contributed by atoms with Crippen LogP contribution >= 0.6 is 0 Å². The van der Waals surface area contributed by atoms with E-state index in [1.807, 2.05) is 58.0 Å². The Labute approximate surface area is 229 Å². The van der Waals surface area contributed by atoms with E-state index < -0.39 is 5.54 Å². The molecule has 2 amide bonds. The van der Waals surface area contributed by atoms with E-state index in [0.717, 1.165) is 36.6 Å². The van der Waals surface area contributed by atoms with Gasteiger partial charge in [0.05, 0.1) is 17.6 Å². The zero-order valence-electron chi connectivity index (χ0n) is 23.1. The zero-order chi connectivity index (χ0) is 27.6. The highest BCUT2D eigenvalue weighted by atomic mass is 16.5. The van der Waals surface area contributed by atoms with Crippen LogP contribution < -0.4 is 20.7 Å². The van der Waals surface area contributed by atoms with E-state index in [0.29, 0.717) is 23.1 Å². The minimum absolute atomic E-state index is 0.208. The van der Waals surface area contributed by atoms with E-state index in [2.05, 4.69) is 32.4 Å². The molecule has 2 aromatic carbocycles. The number of carbonyl (C=O) groups is 1. The number of likely N-dealkylation sites (tertiary alicyclic amines) is 1. The summed E-state index contributed by atoms with van der Waals surface area (Å²) in [6.07, 6.45) is 5.47. The standard InChI is InChI=1S/C30H37N7O2/c1-21-8-13-24(39-28-15-14-27-32-26(31)20-36(27)34-28)18-25(21)37(29(38)33-30(2,3)4)23-11-9-22(10-12-23)19-35-16-6-5-7-17-35/h8-15,18,20H,5-7,16-17,19,31H2,1-4H3,(H,33,38). The van der Waals surface area contributed by atoms with E-state index in [4.69, 9.17) is 10.5 Å². The van der Waals surface area contributed by atoms with Gasteiger partial charge >= 0.3 is 6.03 Å². The Morgan fingerprint density at radius 3 is 2.51 bits per heavy atom. The molecule has 0 radical (unpaired) electrons. The number of nitrogens with two attached hydrogens (primary N) is 1. The molecule has 1 aliphatic rings. The molecule has 0 spiro atoms. The lowest BCUT2D eigenvalue weighted by Gasteiger charge is -2.30. The van der Waals surface area contributed by atoms with Crippen molar-refractivity contribution in [3.63, 3.8) is 0 Å². The van der Waals surface area contributed by atoms with Crippen molar-refractivity contribution < 1.29 is 9.53 Å². The van der Waals surface area contributed by atoms with Crippen molar-refractivity contribution in [2.45, 2.75) is 59.0 Å². The fourth-order valence-electron chi connectivity index (χ4n) is 4.82. The van der Waals surface area contributed by atoms with Gasteiger partial charge in [-0.2, -0.15) is 0 Å². The van der Waals surface area contributed by atoms with E-state index in [1.165, 1.54) is 24.8 Å². The molecule has 1 aliphatic heterocycles. The maximum atomic E-state index is 13.7. The molecule has 4 aromatic rings. The highest BCUT2D eigenvalue weighted by Gasteiger charge is 2.25. The second-order valence-electron chi connectivity index (χ2n) is 11.2. The van der Waals surface area contributed by atoms with Gasteiger partial charge in [-0.3, -0.25) is 9.80 Å². The first-order chi connectivity index (χ1) is 18.6. The Bertz CT molecular complexity index is 1450. The van der Waals surface area contributed by atoms with Crippen molar-refractivity contribution in [2.75, 3.05) is 23.7 Å². The maximum absolute atomic E-state index is 13.7. The molecule has 2 aromatic heterocycles. The van der Waals surface area contributed by atoms with Crippen molar-refractivity contribution >= 4 is 28.9 Å². The Morgan fingerprint density at radius 1 is 1.05 bits per heavy atom. The molecule has 1 saturated heterocycles. The molecule has 3 N–H and O–H groups in total. The number of nitrogen functional groups attached to an aromatic ring is 1. The predicted molar refractivity (Wildman–Crippen MR) is 155 cm³/mol. The summed E-state index contributed by atoms with van der Waals surface area (Å²) in [5.41, 5.74) is 9.71. The Balaban J connectivity index is 1.44. The van der Waals surface area contributed by atoms with E-state index in [9.17, 15) is 4.79 Å². The van der Waals surface area contributed by atoms with Crippen LogP contribution in [-0.2, 0) is 6.54 Å². The minimum atomic E-state index is -0.405. The van der Waals surface area contributed by atoms with Crippen molar-refractivity contribution in [2.24, 2.45) is 0 Å². The number of anilines is 3. The molecule has 5 rings (SSSR count). The summed E-state index contributed by atoms with van der Waals surface area (Å²) < 4.78 is 7.67. The second kappa shape index (κ2) is 10.9. The number of hydrogen-bond donors (Lipinski definition) is 2. The Morgan fingerprint density at radius 2 is 1.79 bits per heavy atom. The van der Waals surface area contributed by atoms with Crippen molar-refractivity contribution in [1.82, 2.24) is 24.8 Å². The van der Waals surface area contributed by atoms with Crippen LogP contribution in [0.4, 0.5) is 22.0 Å². The van der Waals surface area contributed by atoms with Crippen molar-refractivity contribution in [3.8, 4) is 11.6 Å². The van der Waals surface area contributed by atoms with Gasteiger partial charge in [0, 0.05) is 24.2 Å². The van der Waals surface area contributed by atoms with Crippen LogP contribution in [0.3, 0.4) is 0 Å². The number of amides is 2. The molecule has 0 aliphatic carbocycles. The summed E-state index contributed by atoms with van der Waals surface area (Å²) in [7, 11) is 0. The molecular formula is C30H37N7O2. The SMILES string of the molecule is Cc1ccc(Oc2ccc3nc(N)cn3n2)cc1N(C(=O)NC(C)(C)C)c1ccc(CN2CCCCC2)cc1. The van der Waals surface area contributed by atoms with E-state index >= 15 is 0 Å². The van der Waals surface area contributed by atoms with Crippen LogP contribution in [0, 0.1) is 6.92 Å². The van der Waals surface area contributed by atoms with Crippen molar-refractivity contribution in [1.29, 1.82) is 0 Å². The first kappa shape index (κ1) is 26.5. The Hall–Kier alpha value is -4.11. The fraction of sp³-hybridized carbons (Fsp3) is 0.367. The van der Waals surface area contributed by atoms with Gasteiger partial charge in [-0.05, 0) is 89.0 Å². The van der Waals surface area contributed by atoms with Crippen LogP contribution in [0.25, 0.3) is 5.65 Å². The number of ether oxygens (including phenoxy) is 1. The van der Waals surface area contributed by atoms with Gasteiger partial charge in [-0.15, -0.1) is 5.10 Å². The number of nitrogens with zero attached hydrogens (tertiary/aromatic N) is 5. The van der Waals surface area contributed by atoms with Crippen LogP contribution in [0.1, 0.15) is 51.2 Å². The molecule has 39 heavy (non-hydrogen) atoms. The number of nitrogens with one attached hydrogen (secondary N) is 1. The smallest absolute Gasteiger partial charge is 0.326 e. The summed E-state index contributed by atoms with van der Waals surface area (Å²) in [4.78, 5) is 22.1. The van der Waals surface area contributed by atoms with Gasteiger partial charge < -0.3 is 15.8 Å². The van der Waals surface area contributed by atoms with Gasteiger partial charge in [0.1, 0.15) is 11.6 Å². The average molecular weight is 528 g/mol. The minimum Gasteiger partial charge on any atom is -0.438 e. The molecule has 204 valence electrons. The number of hydrogen-bond acceptors (Lipinski definition) is 6. The van der Waals surface area contributed by atoms with E-state index in [1.54, 1.807) is 27.7 Å². The number of urea groups is 1. The summed E-state index contributed by atoms with van der Waals surface area (Å²) in [5.74, 6) is 1.34. The lowest BCUT2D eigenvalue weighted by atomic mass is 10.1. The first-order valence-electron chi connectivity index (χ1n) is 13.5. The predicted octanol–water partition coefficient (Wildman–Crippen LogP) is 6.04. The number of aryl methyl sites for hydroxylation is 1. The van der Waals surface area contributed by atoms with Gasteiger partial charge in [0.15, 0.2) is 5.65 Å². The molecule has 1 fully saturated rings. The number of aromatic nitrogens is 3. The number of fused-ring (bicyclic) bond motifs is 1. The Kier molecular flexibility index (Phi) is 7.43. The average Bonchev–Trinajstić information content (AvgIpc) is 3.26. The fourth-order valence-corrected chi connectivity index (χ4v) is 4.82. The number of piperidine rings is 1. The van der Waals surface area contributed by atoms with Gasteiger partial charge in [0.2, 0.25) is 5.88 Å². The van der Waals surface area contributed by atoms with Crippen LogP contribution in [0.5, 0.6) is 11.6 Å². The second-order valence-corrected chi connectivity index (χ2v) is 11.2. The normalized spacial score (nSPS) is 14.4. The molecule has 0 unspecified atom stereocenters. The summed E-state index contributed by atoms with van der Waals surface area (Å²) >= 11 is 0. The lowest BCUT2D eigenvalue weighted by Crippen LogP contribution is -2.47. The van der Waals surface area contributed by atoms with Gasteiger partial charge in [-0.1, -0.05) is 24.6 Å². The number of benzene rings is 2. The monoisotopic (exact) mass is 527 g/mol. The van der Waals surface area contributed by atoms with Crippen LogP contribution in [0.15, 0.2) is 60.8 Å². The molecule has 3 heterocycles. The third-order valence-electron chi connectivity index (χ3n) is 6.69. The van der Waals surface area contributed by atoms with Crippen molar-refractivity contribution in [3.05, 3.63) is 71.9 Å². The third kappa shape index (κ3) is 6.49. The zero-order valence-corrected chi connectivity index (χ0v) is 23.1. The summed E-state index contributed by atoms with van der Waals surface area (Å²) in [6.45, 7) is 11.1. The molecule has 0 saturated carbocycles. The summed E-state index contributed by atoms with van der Waals surface area (Å²) in [5, 5.41) is 7.56. The van der Waals surface area contributed by atoms with E-state index in [-0.39, 0.29) is 6.03 Å². The van der Waals surface area contributed by atoms with Gasteiger partial charge in [-0.25, -0.2) is 14.3 Å².